The molecule has 2 aromatic rings. The van der Waals surface area contributed by atoms with E-state index in [1.807, 2.05) is 27.7 Å². The van der Waals surface area contributed by atoms with Gasteiger partial charge in [-0.15, -0.1) is 0 Å². The van der Waals surface area contributed by atoms with E-state index in [2.05, 4.69) is 13.8 Å². The van der Waals surface area contributed by atoms with Crippen LogP contribution in [-0.4, -0.2) is 59.3 Å². The van der Waals surface area contributed by atoms with Crippen molar-refractivity contribution in [3.05, 3.63) is 76.9 Å². The van der Waals surface area contributed by atoms with Crippen molar-refractivity contribution in [2.45, 2.75) is 66.4 Å². The molecule has 1 aliphatic heterocycles. The summed E-state index contributed by atoms with van der Waals surface area (Å²) in [4.78, 5) is 34.4. The molecule has 0 N–H and O–H groups in total. The van der Waals surface area contributed by atoms with Crippen LogP contribution in [0.15, 0.2) is 59.1 Å². The molecule has 3 rings (SSSR count). The maximum Gasteiger partial charge on any atom is 0.410 e. The monoisotopic (exact) mass is 553 g/mol. The molecule has 0 radical (unpaired) electrons. The van der Waals surface area contributed by atoms with E-state index in [-0.39, 0.29) is 36.0 Å². The van der Waals surface area contributed by atoms with Gasteiger partial charge >= 0.3 is 6.09 Å². The van der Waals surface area contributed by atoms with Gasteiger partial charge in [-0.3, -0.25) is 9.79 Å². The number of piperazine rings is 1. The summed E-state index contributed by atoms with van der Waals surface area (Å²) >= 11 is 0. The van der Waals surface area contributed by atoms with E-state index >= 15 is 0 Å². The molecule has 1 aliphatic rings. The van der Waals surface area contributed by atoms with E-state index in [0.29, 0.717) is 43.9 Å². The first-order chi connectivity index (χ1) is 18.9. The summed E-state index contributed by atoms with van der Waals surface area (Å²) in [6, 6.07) is 12.4. The van der Waals surface area contributed by atoms with Gasteiger partial charge in [-0.2, -0.15) is 0 Å². The van der Waals surface area contributed by atoms with Crippen molar-refractivity contribution < 1.29 is 23.1 Å². The molecule has 0 aliphatic carbocycles. The Morgan fingerprint density at radius 3 is 1.85 bits per heavy atom. The lowest BCUT2D eigenvalue weighted by Crippen LogP contribution is -2.51. The average Bonchev–Trinajstić information content (AvgIpc) is 2.92. The van der Waals surface area contributed by atoms with Gasteiger partial charge in [0.05, 0.1) is 17.8 Å². The summed E-state index contributed by atoms with van der Waals surface area (Å²) in [5, 5.41) is 0. The highest BCUT2D eigenvalue weighted by atomic mass is 19.1. The van der Waals surface area contributed by atoms with Crippen LogP contribution in [0.25, 0.3) is 5.70 Å². The predicted octanol–water partition coefficient (Wildman–Crippen LogP) is 7.09. The van der Waals surface area contributed by atoms with Crippen LogP contribution in [0.4, 0.5) is 13.6 Å². The zero-order valence-corrected chi connectivity index (χ0v) is 24.5. The Hall–Kier alpha value is -3.55. The number of nitrogens with zero attached hydrogens (tertiary/aromatic N) is 3. The van der Waals surface area contributed by atoms with Crippen molar-refractivity contribution in [3.8, 4) is 0 Å². The van der Waals surface area contributed by atoms with Crippen LogP contribution in [0, 0.1) is 17.6 Å². The minimum Gasteiger partial charge on any atom is -0.444 e. The lowest BCUT2D eigenvalue weighted by molar-refractivity contribution is -0.132. The largest absolute Gasteiger partial charge is 0.444 e. The average molecular weight is 554 g/mol. The minimum absolute atomic E-state index is 0.0534. The zero-order valence-electron chi connectivity index (χ0n) is 24.5. The Kier molecular flexibility index (Phi) is 10.6. The SMILES string of the molecule is CC/C(CC(=O)N1CCN(C(=O)OC(C)(C)C)CC1)=C(\N=C(c1ccc(F)cc1)C(C)CC)c1ccc(F)cc1. The third-order valence-electron chi connectivity index (χ3n) is 6.98. The lowest BCUT2D eigenvalue weighted by Gasteiger charge is -2.35. The minimum atomic E-state index is -0.579. The van der Waals surface area contributed by atoms with Crippen LogP contribution in [-0.2, 0) is 9.53 Å². The summed E-state index contributed by atoms with van der Waals surface area (Å²) in [5.74, 6) is -0.670. The van der Waals surface area contributed by atoms with E-state index in [9.17, 15) is 18.4 Å². The Bertz CT molecular complexity index is 1220. The van der Waals surface area contributed by atoms with Gasteiger partial charge in [0.1, 0.15) is 17.2 Å². The number of amides is 2. The van der Waals surface area contributed by atoms with Crippen molar-refractivity contribution in [1.82, 2.24) is 9.80 Å². The quantitative estimate of drug-likeness (QED) is 0.328. The van der Waals surface area contributed by atoms with Crippen molar-refractivity contribution in [3.63, 3.8) is 0 Å². The molecule has 2 aromatic carbocycles. The van der Waals surface area contributed by atoms with Crippen molar-refractivity contribution in [2.24, 2.45) is 10.9 Å². The van der Waals surface area contributed by atoms with Gasteiger partial charge in [-0.25, -0.2) is 13.6 Å². The molecular formula is C32H41F2N3O3. The molecule has 0 aromatic heterocycles. The van der Waals surface area contributed by atoms with Gasteiger partial charge in [0.25, 0.3) is 0 Å². The molecule has 6 nitrogen and oxygen atoms in total. The van der Waals surface area contributed by atoms with Crippen LogP contribution >= 0.6 is 0 Å². The highest BCUT2D eigenvalue weighted by molar-refractivity contribution is 6.05. The molecule has 0 saturated carbocycles. The fourth-order valence-corrected chi connectivity index (χ4v) is 4.48. The highest BCUT2D eigenvalue weighted by Gasteiger charge is 2.28. The van der Waals surface area contributed by atoms with E-state index in [0.717, 1.165) is 23.3 Å². The van der Waals surface area contributed by atoms with Gasteiger partial charge in [0.2, 0.25) is 5.91 Å². The van der Waals surface area contributed by atoms with Crippen LogP contribution in [0.5, 0.6) is 0 Å². The molecule has 1 heterocycles. The number of carbonyl (C=O) groups excluding carboxylic acids is 2. The summed E-state index contributed by atoms with van der Waals surface area (Å²) in [7, 11) is 0. The second kappa shape index (κ2) is 13.7. The number of rotatable bonds is 8. The third kappa shape index (κ3) is 8.47. The molecule has 0 bridgehead atoms. The fraction of sp³-hybridized carbons (Fsp3) is 0.469. The molecule has 216 valence electrons. The predicted molar refractivity (Wildman–Crippen MR) is 155 cm³/mol. The number of hydrogen-bond acceptors (Lipinski definition) is 4. The molecular weight excluding hydrogens is 512 g/mol. The highest BCUT2D eigenvalue weighted by Crippen LogP contribution is 2.29. The van der Waals surface area contributed by atoms with Crippen LogP contribution < -0.4 is 0 Å². The van der Waals surface area contributed by atoms with E-state index in [4.69, 9.17) is 9.73 Å². The van der Waals surface area contributed by atoms with Crippen LogP contribution in [0.1, 0.15) is 71.9 Å². The second-order valence-corrected chi connectivity index (χ2v) is 11.2. The zero-order chi connectivity index (χ0) is 29.4. The normalized spacial score (nSPS) is 15.9. The molecule has 1 saturated heterocycles. The van der Waals surface area contributed by atoms with Gasteiger partial charge in [0, 0.05) is 31.7 Å². The molecule has 2 amide bonds. The Morgan fingerprint density at radius 2 is 1.38 bits per heavy atom. The number of hydrogen-bond donors (Lipinski definition) is 0. The summed E-state index contributed by atoms with van der Waals surface area (Å²) in [5.41, 5.74) is 3.17. The number of carbonyl (C=O) groups is 2. The lowest BCUT2D eigenvalue weighted by atomic mass is 9.94. The van der Waals surface area contributed by atoms with Crippen molar-refractivity contribution >= 4 is 23.4 Å². The topological polar surface area (TPSA) is 62.2 Å². The van der Waals surface area contributed by atoms with E-state index in [1.165, 1.54) is 24.3 Å². The summed E-state index contributed by atoms with van der Waals surface area (Å²) in [6.07, 6.45) is 1.16. The molecule has 1 atom stereocenters. The molecule has 1 unspecified atom stereocenters. The maximum atomic E-state index is 13.8. The van der Waals surface area contributed by atoms with E-state index in [1.54, 1.807) is 34.1 Å². The van der Waals surface area contributed by atoms with Crippen molar-refractivity contribution in [2.75, 3.05) is 26.2 Å². The smallest absolute Gasteiger partial charge is 0.410 e. The molecule has 40 heavy (non-hydrogen) atoms. The first-order valence-corrected chi connectivity index (χ1v) is 14.0. The van der Waals surface area contributed by atoms with Gasteiger partial charge in [-0.1, -0.05) is 32.9 Å². The van der Waals surface area contributed by atoms with Gasteiger partial charge in [-0.05, 0) is 87.1 Å². The number of halogens is 2. The summed E-state index contributed by atoms with van der Waals surface area (Å²) in [6.45, 7) is 13.2. The number of benzene rings is 2. The van der Waals surface area contributed by atoms with Crippen LogP contribution in [0.2, 0.25) is 0 Å². The Balaban J connectivity index is 1.93. The first-order valence-electron chi connectivity index (χ1n) is 14.0. The summed E-state index contributed by atoms with van der Waals surface area (Å²) < 4.78 is 33.0. The molecule has 1 fully saturated rings. The Labute approximate surface area is 236 Å². The van der Waals surface area contributed by atoms with Gasteiger partial charge < -0.3 is 14.5 Å². The van der Waals surface area contributed by atoms with E-state index < -0.39 is 5.60 Å². The van der Waals surface area contributed by atoms with Gasteiger partial charge in [0.15, 0.2) is 0 Å². The third-order valence-corrected chi connectivity index (χ3v) is 6.98. The maximum absolute atomic E-state index is 13.8. The second-order valence-electron chi connectivity index (χ2n) is 11.2. The van der Waals surface area contributed by atoms with Crippen LogP contribution in [0.3, 0.4) is 0 Å². The molecule has 0 spiro atoms. The first kappa shape index (κ1) is 31.0. The standard InChI is InChI=1S/C32H41F2N3O3/c1-7-22(3)29(24-9-13-26(33)14-10-24)35-30(25-11-15-27(34)16-12-25)23(8-2)21-28(38)36-17-19-37(20-18-36)31(39)40-32(4,5)6/h9-16,22H,7-8,17-21H2,1-6H3/b30-23+,35-29?. The number of aliphatic imine (C=N–C) groups is 1. The number of ether oxygens (including phenoxy) is 1. The molecule has 8 heteroatoms. The van der Waals surface area contributed by atoms with Crippen molar-refractivity contribution in [1.29, 1.82) is 0 Å². The Morgan fingerprint density at radius 1 is 0.875 bits per heavy atom. The fourth-order valence-electron chi connectivity index (χ4n) is 4.48.